The largest absolute Gasteiger partial charge is 0.316 e. The van der Waals surface area contributed by atoms with Crippen LogP contribution in [0.3, 0.4) is 0 Å². The third kappa shape index (κ3) is 2.72. The molecule has 0 aliphatic carbocycles. The summed E-state index contributed by atoms with van der Waals surface area (Å²) in [4.78, 5) is 0. The van der Waals surface area contributed by atoms with Gasteiger partial charge in [0.2, 0.25) is 0 Å². The topological polar surface area (TPSA) is 24.1 Å². The average molecular weight is 268 g/mol. The quantitative estimate of drug-likeness (QED) is 0.892. The Labute approximate surface area is 121 Å². The van der Waals surface area contributed by atoms with E-state index in [1.54, 1.807) is 0 Å². The highest BCUT2D eigenvalue weighted by Gasteiger charge is 2.31. The molecular formula is C18H24N2. The fourth-order valence-electron chi connectivity index (χ4n) is 3.23. The number of hydrogen-bond acceptors (Lipinski definition) is 2. The zero-order valence-corrected chi connectivity index (χ0v) is 12.4. The van der Waals surface area contributed by atoms with Crippen molar-refractivity contribution >= 4 is 10.8 Å². The molecule has 20 heavy (non-hydrogen) atoms. The first kappa shape index (κ1) is 13.6. The molecule has 1 fully saturated rings. The molecule has 1 aliphatic rings. The van der Waals surface area contributed by atoms with E-state index in [1.165, 1.54) is 22.8 Å². The van der Waals surface area contributed by atoms with Gasteiger partial charge in [0.15, 0.2) is 0 Å². The molecule has 2 heteroatoms. The van der Waals surface area contributed by atoms with Crippen LogP contribution in [0.4, 0.5) is 0 Å². The second kappa shape index (κ2) is 5.55. The van der Waals surface area contributed by atoms with Crippen molar-refractivity contribution in [3.05, 3.63) is 48.0 Å². The molecule has 1 aliphatic heterocycles. The van der Waals surface area contributed by atoms with E-state index in [9.17, 15) is 0 Å². The van der Waals surface area contributed by atoms with Crippen LogP contribution in [-0.2, 0) is 6.54 Å². The maximum absolute atomic E-state index is 3.78. The molecule has 0 bridgehead atoms. The van der Waals surface area contributed by atoms with E-state index in [1.807, 2.05) is 0 Å². The van der Waals surface area contributed by atoms with Crippen molar-refractivity contribution in [1.82, 2.24) is 10.6 Å². The molecule has 0 amide bonds. The third-order valence-corrected chi connectivity index (χ3v) is 4.55. The Morgan fingerprint density at radius 1 is 1.15 bits per heavy atom. The van der Waals surface area contributed by atoms with Crippen molar-refractivity contribution in [2.24, 2.45) is 5.41 Å². The van der Waals surface area contributed by atoms with E-state index in [0.717, 1.165) is 19.6 Å². The summed E-state index contributed by atoms with van der Waals surface area (Å²) in [5.74, 6) is 0. The number of rotatable bonds is 3. The van der Waals surface area contributed by atoms with Crippen molar-refractivity contribution in [3.63, 3.8) is 0 Å². The molecule has 0 aromatic heterocycles. The Kier molecular flexibility index (Phi) is 3.77. The molecule has 106 valence electrons. The zero-order valence-electron chi connectivity index (χ0n) is 12.4. The number of nitrogens with one attached hydrogen (secondary N) is 2. The van der Waals surface area contributed by atoms with Gasteiger partial charge in [-0.05, 0) is 34.7 Å². The Morgan fingerprint density at radius 3 is 2.80 bits per heavy atom. The van der Waals surface area contributed by atoms with Crippen molar-refractivity contribution in [2.75, 3.05) is 13.1 Å². The summed E-state index contributed by atoms with van der Waals surface area (Å²) in [6, 6.07) is 15.8. The van der Waals surface area contributed by atoms with E-state index in [-0.39, 0.29) is 0 Å². The molecule has 0 radical (unpaired) electrons. The van der Waals surface area contributed by atoms with Gasteiger partial charge in [-0.3, -0.25) is 0 Å². The van der Waals surface area contributed by atoms with Crippen LogP contribution in [0.15, 0.2) is 42.5 Å². The fourth-order valence-corrected chi connectivity index (χ4v) is 3.23. The molecule has 2 aromatic carbocycles. The molecule has 1 heterocycles. The predicted octanol–water partition coefficient (Wildman–Crippen LogP) is 3.32. The Bertz CT molecular complexity index is 583. The van der Waals surface area contributed by atoms with Gasteiger partial charge in [0.25, 0.3) is 0 Å². The Hall–Kier alpha value is -1.38. The minimum absolute atomic E-state index is 0.322. The van der Waals surface area contributed by atoms with E-state index in [0.29, 0.717) is 11.5 Å². The Morgan fingerprint density at radius 2 is 1.95 bits per heavy atom. The molecule has 2 N–H and O–H groups in total. The maximum Gasteiger partial charge on any atom is 0.0214 e. The first-order valence-corrected chi connectivity index (χ1v) is 7.57. The standard InChI is InChI=1S/C18H24N2/c1-18(2)13-19-11-10-17(18)20-12-15-8-5-7-14-6-3-4-9-16(14)15/h3-9,17,19-20H,10-13H2,1-2H3. The van der Waals surface area contributed by atoms with Gasteiger partial charge in [0, 0.05) is 19.1 Å². The monoisotopic (exact) mass is 268 g/mol. The van der Waals surface area contributed by atoms with Crippen LogP contribution in [0.2, 0.25) is 0 Å². The number of fused-ring (bicyclic) bond motifs is 1. The molecule has 0 saturated carbocycles. The van der Waals surface area contributed by atoms with Crippen molar-refractivity contribution in [3.8, 4) is 0 Å². The fraction of sp³-hybridized carbons (Fsp3) is 0.444. The SMILES string of the molecule is CC1(C)CNCCC1NCc1cccc2ccccc12. The number of benzene rings is 2. The van der Waals surface area contributed by atoms with Crippen LogP contribution in [0, 0.1) is 5.41 Å². The van der Waals surface area contributed by atoms with Gasteiger partial charge in [-0.1, -0.05) is 56.3 Å². The highest BCUT2D eigenvalue weighted by Crippen LogP contribution is 2.26. The summed E-state index contributed by atoms with van der Waals surface area (Å²) in [6.45, 7) is 7.87. The molecule has 0 spiro atoms. The third-order valence-electron chi connectivity index (χ3n) is 4.55. The van der Waals surface area contributed by atoms with Crippen molar-refractivity contribution in [1.29, 1.82) is 0 Å². The van der Waals surface area contributed by atoms with Crippen LogP contribution in [-0.4, -0.2) is 19.1 Å². The summed E-state index contributed by atoms with van der Waals surface area (Å²) in [5, 5.41) is 9.97. The van der Waals surface area contributed by atoms with Gasteiger partial charge in [-0.25, -0.2) is 0 Å². The second-order valence-electron chi connectivity index (χ2n) is 6.53. The molecule has 1 unspecified atom stereocenters. The normalized spacial score (nSPS) is 22.0. The second-order valence-corrected chi connectivity index (χ2v) is 6.53. The first-order valence-electron chi connectivity index (χ1n) is 7.57. The summed E-state index contributed by atoms with van der Waals surface area (Å²) in [6.07, 6.45) is 1.21. The van der Waals surface area contributed by atoms with Crippen molar-refractivity contribution < 1.29 is 0 Å². The highest BCUT2D eigenvalue weighted by atomic mass is 15.0. The lowest BCUT2D eigenvalue weighted by molar-refractivity contribution is 0.184. The molecular weight excluding hydrogens is 244 g/mol. The van der Waals surface area contributed by atoms with E-state index in [4.69, 9.17) is 0 Å². The maximum atomic E-state index is 3.78. The van der Waals surface area contributed by atoms with Crippen LogP contribution in [0.25, 0.3) is 10.8 Å². The summed E-state index contributed by atoms with van der Waals surface area (Å²) < 4.78 is 0. The minimum atomic E-state index is 0.322. The van der Waals surface area contributed by atoms with Gasteiger partial charge in [0.05, 0.1) is 0 Å². The van der Waals surface area contributed by atoms with Crippen LogP contribution < -0.4 is 10.6 Å². The molecule has 2 aromatic rings. The summed E-state index contributed by atoms with van der Waals surface area (Å²) in [7, 11) is 0. The lowest BCUT2D eigenvalue weighted by Gasteiger charge is -2.39. The van der Waals surface area contributed by atoms with Crippen LogP contribution in [0.5, 0.6) is 0 Å². The molecule has 1 atom stereocenters. The van der Waals surface area contributed by atoms with Crippen molar-refractivity contribution in [2.45, 2.75) is 32.9 Å². The van der Waals surface area contributed by atoms with Gasteiger partial charge < -0.3 is 10.6 Å². The lowest BCUT2D eigenvalue weighted by atomic mass is 9.80. The minimum Gasteiger partial charge on any atom is -0.316 e. The average Bonchev–Trinajstić information content (AvgIpc) is 2.46. The smallest absolute Gasteiger partial charge is 0.0214 e. The first-order chi connectivity index (χ1) is 9.67. The summed E-state index contributed by atoms with van der Waals surface area (Å²) >= 11 is 0. The summed E-state index contributed by atoms with van der Waals surface area (Å²) in [5.41, 5.74) is 1.72. The van der Waals surface area contributed by atoms with Gasteiger partial charge in [-0.15, -0.1) is 0 Å². The molecule has 1 saturated heterocycles. The van der Waals surface area contributed by atoms with E-state index >= 15 is 0 Å². The van der Waals surface area contributed by atoms with Gasteiger partial charge in [-0.2, -0.15) is 0 Å². The highest BCUT2D eigenvalue weighted by molar-refractivity contribution is 5.85. The zero-order chi connectivity index (χ0) is 14.0. The number of piperidine rings is 1. The number of hydrogen-bond donors (Lipinski definition) is 2. The molecule has 3 rings (SSSR count). The van der Waals surface area contributed by atoms with Crippen LogP contribution >= 0.6 is 0 Å². The van der Waals surface area contributed by atoms with E-state index < -0.39 is 0 Å². The Balaban J connectivity index is 1.77. The van der Waals surface area contributed by atoms with E-state index in [2.05, 4.69) is 66.9 Å². The lowest BCUT2D eigenvalue weighted by Crippen LogP contribution is -2.52. The van der Waals surface area contributed by atoms with Gasteiger partial charge >= 0.3 is 0 Å². The predicted molar refractivity (Wildman–Crippen MR) is 85.8 cm³/mol. The van der Waals surface area contributed by atoms with Gasteiger partial charge in [0.1, 0.15) is 0 Å². The molecule has 2 nitrogen and oxygen atoms in total. The van der Waals surface area contributed by atoms with Crippen LogP contribution in [0.1, 0.15) is 25.8 Å².